The minimum absolute atomic E-state index is 1.09. The molecular formula is C8H10N2. The average molecular weight is 134 g/mol. The zero-order valence-corrected chi connectivity index (χ0v) is 6.04. The number of imidazole rings is 1. The van der Waals surface area contributed by atoms with E-state index in [0.717, 1.165) is 12.4 Å². The lowest BCUT2D eigenvalue weighted by atomic mass is 10.1. The van der Waals surface area contributed by atoms with E-state index in [0.29, 0.717) is 0 Å². The molecule has 0 bridgehead atoms. The van der Waals surface area contributed by atoms with Gasteiger partial charge in [-0.3, -0.25) is 0 Å². The van der Waals surface area contributed by atoms with Crippen LogP contribution in [0.4, 0.5) is 0 Å². The molecule has 2 rings (SSSR count). The van der Waals surface area contributed by atoms with Gasteiger partial charge in [-0.1, -0.05) is 5.57 Å². The van der Waals surface area contributed by atoms with Gasteiger partial charge in [0.25, 0.3) is 0 Å². The van der Waals surface area contributed by atoms with Crippen molar-refractivity contribution in [2.75, 3.05) is 0 Å². The highest BCUT2D eigenvalue weighted by Crippen LogP contribution is 2.15. The van der Waals surface area contributed by atoms with Crippen LogP contribution in [0.5, 0.6) is 0 Å². The molecule has 0 spiro atoms. The summed E-state index contributed by atoms with van der Waals surface area (Å²) < 4.78 is 2.17. The van der Waals surface area contributed by atoms with Gasteiger partial charge in [0, 0.05) is 18.9 Å². The Hall–Kier alpha value is -1.05. The van der Waals surface area contributed by atoms with Gasteiger partial charge in [0.1, 0.15) is 5.82 Å². The molecule has 0 saturated heterocycles. The van der Waals surface area contributed by atoms with Crippen LogP contribution in [-0.2, 0) is 6.54 Å². The molecule has 10 heavy (non-hydrogen) atoms. The molecule has 2 heteroatoms. The normalized spacial score (nSPS) is 16.3. The lowest BCUT2D eigenvalue weighted by molar-refractivity contribution is 0.670. The Morgan fingerprint density at radius 2 is 2.50 bits per heavy atom. The molecule has 2 heterocycles. The molecule has 0 N–H and O–H groups in total. The molecule has 0 atom stereocenters. The predicted molar refractivity (Wildman–Crippen MR) is 40.5 cm³/mol. The van der Waals surface area contributed by atoms with Crippen LogP contribution < -0.4 is 0 Å². The van der Waals surface area contributed by atoms with Gasteiger partial charge in [0.15, 0.2) is 0 Å². The monoisotopic (exact) mass is 134 g/mol. The fourth-order valence-electron chi connectivity index (χ4n) is 1.24. The van der Waals surface area contributed by atoms with Gasteiger partial charge in [-0.2, -0.15) is 0 Å². The van der Waals surface area contributed by atoms with Gasteiger partial charge in [0.05, 0.1) is 0 Å². The second-order valence-corrected chi connectivity index (χ2v) is 2.72. The third-order valence-electron chi connectivity index (χ3n) is 1.87. The van der Waals surface area contributed by atoms with Crippen LogP contribution in [0, 0.1) is 0 Å². The molecule has 1 aromatic rings. The summed E-state index contributed by atoms with van der Waals surface area (Å²) in [5.74, 6) is 1.10. The van der Waals surface area contributed by atoms with E-state index in [1.54, 1.807) is 0 Å². The van der Waals surface area contributed by atoms with Gasteiger partial charge in [-0.25, -0.2) is 4.98 Å². The zero-order valence-electron chi connectivity index (χ0n) is 6.04. The predicted octanol–water partition coefficient (Wildman–Crippen LogP) is 1.69. The number of hydrogen-bond acceptors (Lipinski definition) is 1. The maximum atomic E-state index is 4.19. The highest BCUT2D eigenvalue weighted by molar-refractivity contribution is 5.46. The molecule has 0 saturated carbocycles. The first-order valence-electron chi connectivity index (χ1n) is 3.54. The molecule has 0 amide bonds. The number of allylic oxidation sites excluding steroid dienone is 1. The Balaban J connectivity index is 2.50. The molecule has 2 nitrogen and oxygen atoms in total. The molecule has 0 fully saturated rings. The Kier molecular flexibility index (Phi) is 1.13. The summed E-state index contributed by atoms with van der Waals surface area (Å²) in [6.07, 6.45) is 7.19. The molecule has 1 aliphatic rings. The minimum atomic E-state index is 1.09. The molecule has 1 aliphatic heterocycles. The molecule has 52 valence electrons. The SMILES string of the molecule is CC1=Cc2nccn2CC1. The number of nitrogens with zero attached hydrogens (tertiary/aromatic N) is 2. The maximum Gasteiger partial charge on any atom is 0.132 e. The first-order chi connectivity index (χ1) is 4.86. The van der Waals surface area contributed by atoms with Crippen molar-refractivity contribution >= 4 is 6.08 Å². The van der Waals surface area contributed by atoms with Crippen molar-refractivity contribution in [1.29, 1.82) is 0 Å². The van der Waals surface area contributed by atoms with E-state index in [1.807, 2.05) is 12.4 Å². The van der Waals surface area contributed by atoms with Crippen molar-refractivity contribution in [1.82, 2.24) is 9.55 Å². The van der Waals surface area contributed by atoms with E-state index in [-0.39, 0.29) is 0 Å². The first kappa shape index (κ1) is 5.71. The van der Waals surface area contributed by atoms with Crippen molar-refractivity contribution < 1.29 is 0 Å². The Morgan fingerprint density at radius 3 is 3.40 bits per heavy atom. The van der Waals surface area contributed by atoms with Gasteiger partial charge in [-0.15, -0.1) is 0 Å². The smallest absolute Gasteiger partial charge is 0.132 e. The summed E-state index contributed by atoms with van der Waals surface area (Å²) in [7, 11) is 0. The van der Waals surface area contributed by atoms with Gasteiger partial charge in [-0.05, 0) is 19.4 Å². The summed E-state index contributed by atoms with van der Waals surface area (Å²) in [5, 5.41) is 0. The van der Waals surface area contributed by atoms with Crippen molar-refractivity contribution in [2.45, 2.75) is 19.9 Å². The summed E-state index contributed by atoms with van der Waals surface area (Å²) >= 11 is 0. The average Bonchev–Trinajstić information content (AvgIpc) is 2.33. The number of hydrogen-bond donors (Lipinski definition) is 0. The second-order valence-electron chi connectivity index (χ2n) is 2.72. The quantitative estimate of drug-likeness (QED) is 0.528. The van der Waals surface area contributed by atoms with E-state index < -0.39 is 0 Å². The minimum Gasteiger partial charge on any atom is -0.331 e. The van der Waals surface area contributed by atoms with Crippen LogP contribution in [0.25, 0.3) is 6.08 Å². The third-order valence-corrected chi connectivity index (χ3v) is 1.87. The fourth-order valence-corrected chi connectivity index (χ4v) is 1.24. The number of aryl methyl sites for hydroxylation is 1. The molecule has 1 aromatic heterocycles. The van der Waals surface area contributed by atoms with Crippen LogP contribution in [0.2, 0.25) is 0 Å². The van der Waals surface area contributed by atoms with E-state index in [2.05, 4.69) is 22.6 Å². The molecular weight excluding hydrogens is 124 g/mol. The molecule has 0 radical (unpaired) electrons. The van der Waals surface area contributed by atoms with Crippen LogP contribution >= 0.6 is 0 Å². The van der Waals surface area contributed by atoms with E-state index in [9.17, 15) is 0 Å². The van der Waals surface area contributed by atoms with Crippen LogP contribution in [-0.4, -0.2) is 9.55 Å². The lowest BCUT2D eigenvalue weighted by Crippen LogP contribution is -2.04. The highest BCUT2D eigenvalue weighted by atomic mass is 15.1. The largest absolute Gasteiger partial charge is 0.331 e. The number of fused-ring (bicyclic) bond motifs is 1. The van der Waals surface area contributed by atoms with E-state index >= 15 is 0 Å². The molecule has 0 unspecified atom stereocenters. The highest BCUT2D eigenvalue weighted by Gasteiger charge is 2.05. The Bertz CT molecular complexity index is 271. The van der Waals surface area contributed by atoms with Crippen molar-refractivity contribution in [3.63, 3.8) is 0 Å². The number of rotatable bonds is 0. The van der Waals surface area contributed by atoms with Gasteiger partial charge < -0.3 is 4.57 Å². The fraction of sp³-hybridized carbons (Fsp3) is 0.375. The standard InChI is InChI=1S/C8H10N2/c1-7-2-4-10-5-3-9-8(10)6-7/h3,5-6H,2,4H2,1H3. The van der Waals surface area contributed by atoms with E-state index in [4.69, 9.17) is 0 Å². The van der Waals surface area contributed by atoms with Crippen molar-refractivity contribution in [3.05, 3.63) is 23.8 Å². The van der Waals surface area contributed by atoms with Crippen molar-refractivity contribution in [2.24, 2.45) is 0 Å². The van der Waals surface area contributed by atoms with Gasteiger partial charge >= 0.3 is 0 Å². The van der Waals surface area contributed by atoms with Crippen molar-refractivity contribution in [3.8, 4) is 0 Å². The topological polar surface area (TPSA) is 17.8 Å². The van der Waals surface area contributed by atoms with E-state index in [1.165, 1.54) is 12.0 Å². The zero-order chi connectivity index (χ0) is 6.97. The summed E-state index contributed by atoms with van der Waals surface area (Å²) in [5.41, 5.74) is 1.43. The molecule has 0 aliphatic carbocycles. The Morgan fingerprint density at radius 1 is 1.60 bits per heavy atom. The van der Waals surface area contributed by atoms with Crippen LogP contribution in [0.15, 0.2) is 18.0 Å². The summed E-state index contributed by atoms with van der Waals surface area (Å²) in [4.78, 5) is 4.19. The second kappa shape index (κ2) is 1.97. The Labute approximate surface area is 60.2 Å². The molecule has 0 aromatic carbocycles. The first-order valence-corrected chi connectivity index (χ1v) is 3.54. The maximum absolute atomic E-state index is 4.19. The third kappa shape index (κ3) is 0.764. The van der Waals surface area contributed by atoms with Crippen LogP contribution in [0.3, 0.4) is 0 Å². The summed E-state index contributed by atoms with van der Waals surface area (Å²) in [6.45, 7) is 3.25. The van der Waals surface area contributed by atoms with Gasteiger partial charge in [0.2, 0.25) is 0 Å². The lowest BCUT2D eigenvalue weighted by Gasteiger charge is -2.11. The number of aromatic nitrogens is 2. The summed E-state index contributed by atoms with van der Waals surface area (Å²) in [6, 6.07) is 0. The van der Waals surface area contributed by atoms with Crippen LogP contribution in [0.1, 0.15) is 19.2 Å².